The molecule has 2 aromatic heterocycles. The molecule has 4 aromatic rings. The summed E-state index contributed by atoms with van der Waals surface area (Å²) in [5, 5.41) is 8.44. The summed E-state index contributed by atoms with van der Waals surface area (Å²) in [4.78, 5) is 38.8. The van der Waals surface area contributed by atoms with Crippen molar-refractivity contribution < 1.29 is 13.6 Å². The highest BCUT2D eigenvalue weighted by molar-refractivity contribution is 6.02. The van der Waals surface area contributed by atoms with Crippen LogP contribution in [0.5, 0.6) is 0 Å². The number of hydrogen-bond donors (Lipinski definition) is 3. The lowest BCUT2D eigenvalue weighted by Crippen LogP contribution is -2.25. The van der Waals surface area contributed by atoms with Gasteiger partial charge in [-0.05, 0) is 69.0 Å². The minimum Gasteiger partial charge on any atom is -0.421 e. The van der Waals surface area contributed by atoms with Crippen LogP contribution in [0.15, 0.2) is 56.5 Å². The van der Waals surface area contributed by atoms with Crippen molar-refractivity contribution in [1.29, 1.82) is 0 Å². The van der Waals surface area contributed by atoms with Crippen LogP contribution in [0.1, 0.15) is 35.7 Å². The van der Waals surface area contributed by atoms with Gasteiger partial charge in [-0.1, -0.05) is 18.2 Å². The van der Waals surface area contributed by atoms with E-state index in [4.69, 9.17) is 4.42 Å². The van der Waals surface area contributed by atoms with E-state index in [0.29, 0.717) is 22.5 Å². The third-order valence-electron chi connectivity index (χ3n) is 6.67. The monoisotopic (exact) mass is 502 g/mol. The number of aromatic nitrogens is 1. The van der Waals surface area contributed by atoms with Crippen LogP contribution >= 0.6 is 0 Å². The number of nitrogens with one attached hydrogen (secondary N) is 3. The number of nitrogens with zero attached hydrogens (tertiary/aromatic N) is 1. The van der Waals surface area contributed by atoms with Crippen molar-refractivity contribution in [3.05, 3.63) is 85.9 Å². The number of urea groups is 1. The molecule has 3 N–H and O–H groups in total. The van der Waals surface area contributed by atoms with Gasteiger partial charge >= 0.3 is 11.7 Å². The second kappa shape index (κ2) is 9.24. The van der Waals surface area contributed by atoms with Crippen LogP contribution in [-0.4, -0.2) is 17.6 Å². The van der Waals surface area contributed by atoms with Gasteiger partial charge in [0.2, 0.25) is 0 Å². The first-order valence-electron chi connectivity index (χ1n) is 12.0. The molecule has 0 radical (unpaired) electrons. The van der Waals surface area contributed by atoms with Gasteiger partial charge in [-0.25, -0.2) is 14.0 Å². The SMILES string of the molecule is CNC(=O)Nc1cccc(-c2c(C)n(C3CC3)c(=O)c3c(Nc4ccc(C)cc4F)c(C)c(=O)oc23)c1. The third-order valence-corrected chi connectivity index (χ3v) is 6.67. The van der Waals surface area contributed by atoms with Crippen LogP contribution in [0.2, 0.25) is 0 Å². The fourth-order valence-electron chi connectivity index (χ4n) is 4.63. The van der Waals surface area contributed by atoms with E-state index < -0.39 is 11.4 Å². The molecule has 9 heteroatoms. The van der Waals surface area contributed by atoms with Gasteiger partial charge in [0.15, 0.2) is 5.58 Å². The summed E-state index contributed by atoms with van der Waals surface area (Å²) in [5.41, 5.74) is 2.87. The molecule has 5 rings (SSSR count). The number of aryl methyl sites for hydroxylation is 1. The average molecular weight is 503 g/mol. The molecule has 8 nitrogen and oxygen atoms in total. The minimum absolute atomic E-state index is 0.0269. The van der Waals surface area contributed by atoms with Gasteiger partial charge < -0.3 is 24.9 Å². The van der Waals surface area contributed by atoms with Crippen LogP contribution in [0.4, 0.5) is 26.2 Å². The molecule has 0 atom stereocenters. The normalized spacial score (nSPS) is 13.0. The minimum atomic E-state index is -0.633. The van der Waals surface area contributed by atoms with E-state index in [-0.39, 0.29) is 45.5 Å². The molecule has 2 heterocycles. The molecular formula is C28H27FN4O4. The van der Waals surface area contributed by atoms with Crippen LogP contribution < -0.4 is 27.1 Å². The van der Waals surface area contributed by atoms with Gasteiger partial charge in [-0.2, -0.15) is 0 Å². The van der Waals surface area contributed by atoms with Crippen LogP contribution in [-0.2, 0) is 0 Å². The van der Waals surface area contributed by atoms with Gasteiger partial charge in [0, 0.05) is 30.0 Å². The second-order valence-corrected chi connectivity index (χ2v) is 9.35. The summed E-state index contributed by atoms with van der Waals surface area (Å²) in [5.74, 6) is -0.497. The molecule has 190 valence electrons. The Kier molecular flexibility index (Phi) is 6.07. The van der Waals surface area contributed by atoms with Gasteiger partial charge in [0.05, 0.1) is 16.9 Å². The maximum atomic E-state index is 14.8. The first-order chi connectivity index (χ1) is 17.7. The number of benzene rings is 2. The fraction of sp³-hybridized carbons (Fsp3) is 0.250. The number of amides is 2. The molecule has 2 amide bonds. The average Bonchev–Trinajstić information content (AvgIpc) is 3.69. The summed E-state index contributed by atoms with van der Waals surface area (Å²) in [6.07, 6.45) is 1.71. The first-order valence-corrected chi connectivity index (χ1v) is 12.0. The summed E-state index contributed by atoms with van der Waals surface area (Å²) in [6, 6.07) is 11.4. The number of anilines is 3. The van der Waals surface area contributed by atoms with E-state index in [0.717, 1.165) is 18.4 Å². The number of halogens is 1. The van der Waals surface area contributed by atoms with Crippen molar-refractivity contribution >= 4 is 34.1 Å². The molecule has 1 saturated carbocycles. The Labute approximate surface area is 212 Å². The number of carbonyl (C=O) groups is 1. The maximum absolute atomic E-state index is 14.8. The largest absolute Gasteiger partial charge is 0.421 e. The summed E-state index contributed by atoms with van der Waals surface area (Å²) < 4.78 is 22.3. The molecule has 1 aliphatic rings. The zero-order valence-corrected chi connectivity index (χ0v) is 21.0. The lowest BCUT2D eigenvalue weighted by atomic mass is 9.99. The molecule has 2 aromatic carbocycles. The van der Waals surface area contributed by atoms with Gasteiger partial charge in [-0.15, -0.1) is 0 Å². The second-order valence-electron chi connectivity index (χ2n) is 9.35. The number of pyridine rings is 1. The Bertz CT molecular complexity index is 1680. The Morgan fingerprint density at radius 1 is 1.08 bits per heavy atom. The van der Waals surface area contributed by atoms with Crippen molar-refractivity contribution in [3.8, 4) is 11.1 Å². The molecule has 0 bridgehead atoms. The Balaban J connectivity index is 1.82. The molecule has 1 aliphatic carbocycles. The first kappa shape index (κ1) is 24.3. The van der Waals surface area contributed by atoms with Gasteiger partial charge in [-0.3, -0.25) is 4.79 Å². The number of carbonyl (C=O) groups excluding carboxylic acids is 1. The molecular weight excluding hydrogens is 475 g/mol. The van der Waals surface area contributed by atoms with Crippen LogP contribution in [0.3, 0.4) is 0 Å². The summed E-state index contributed by atoms with van der Waals surface area (Å²) in [6.45, 7) is 5.15. The third kappa shape index (κ3) is 4.37. The predicted octanol–water partition coefficient (Wildman–Crippen LogP) is 5.52. The quantitative estimate of drug-likeness (QED) is 0.334. The van der Waals surface area contributed by atoms with Crippen molar-refractivity contribution in [2.45, 2.75) is 39.7 Å². The smallest absolute Gasteiger partial charge is 0.341 e. The molecule has 0 saturated heterocycles. The van der Waals surface area contributed by atoms with Gasteiger partial charge in [0.25, 0.3) is 5.56 Å². The van der Waals surface area contributed by atoms with Gasteiger partial charge in [0.1, 0.15) is 11.2 Å². The van der Waals surface area contributed by atoms with E-state index >= 15 is 0 Å². The van der Waals surface area contributed by atoms with Crippen molar-refractivity contribution in [2.24, 2.45) is 0 Å². The maximum Gasteiger partial charge on any atom is 0.341 e. The Hall–Kier alpha value is -4.40. The number of hydrogen-bond acceptors (Lipinski definition) is 5. The Morgan fingerprint density at radius 2 is 1.84 bits per heavy atom. The molecule has 1 fully saturated rings. The number of fused-ring (bicyclic) bond motifs is 1. The summed E-state index contributed by atoms with van der Waals surface area (Å²) >= 11 is 0. The zero-order valence-electron chi connectivity index (χ0n) is 21.0. The van der Waals surface area contributed by atoms with E-state index in [2.05, 4.69) is 16.0 Å². The highest BCUT2D eigenvalue weighted by atomic mass is 19.1. The van der Waals surface area contributed by atoms with E-state index in [1.54, 1.807) is 48.7 Å². The van der Waals surface area contributed by atoms with E-state index in [1.807, 2.05) is 13.0 Å². The predicted molar refractivity (Wildman–Crippen MR) is 142 cm³/mol. The molecule has 0 spiro atoms. The van der Waals surface area contributed by atoms with Crippen LogP contribution in [0.25, 0.3) is 22.1 Å². The standard InChI is InChI=1S/C28H27FN4O4/c1-14-8-11-21(20(29)12-14)32-24-15(2)27(35)37-25-22(16(3)33(19-9-10-19)26(34)23(24)25)17-6-5-7-18(13-17)31-28(36)30-4/h5-8,11-13,19,32H,9-10H2,1-4H3,(H2,30,31,36). The fourth-order valence-corrected chi connectivity index (χ4v) is 4.63. The Morgan fingerprint density at radius 3 is 2.51 bits per heavy atom. The lowest BCUT2D eigenvalue weighted by Gasteiger charge is -2.19. The van der Waals surface area contributed by atoms with E-state index in [9.17, 15) is 18.8 Å². The molecule has 37 heavy (non-hydrogen) atoms. The molecule has 0 aliphatic heterocycles. The zero-order chi connectivity index (χ0) is 26.4. The summed E-state index contributed by atoms with van der Waals surface area (Å²) in [7, 11) is 1.52. The van der Waals surface area contributed by atoms with Crippen molar-refractivity contribution in [2.75, 3.05) is 17.7 Å². The van der Waals surface area contributed by atoms with Crippen molar-refractivity contribution in [1.82, 2.24) is 9.88 Å². The van der Waals surface area contributed by atoms with Crippen molar-refractivity contribution in [3.63, 3.8) is 0 Å². The molecule has 0 unspecified atom stereocenters. The van der Waals surface area contributed by atoms with Crippen LogP contribution in [0, 0.1) is 26.6 Å². The highest BCUT2D eigenvalue weighted by Gasteiger charge is 2.31. The van der Waals surface area contributed by atoms with E-state index in [1.165, 1.54) is 13.1 Å². The lowest BCUT2D eigenvalue weighted by molar-refractivity contribution is 0.254. The topological polar surface area (TPSA) is 105 Å². The number of rotatable bonds is 5. The highest BCUT2D eigenvalue weighted by Crippen LogP contribution is 2.41.